The molecule has 0 radical (unpaired) electrons. The van der Waals surface area contributed by atoms with Crippen LogP contribution in [0.1, 0.15) is 10.4 Å². The van der Waals surface area contributed by atoms with E-state index in [1.807, 2.05) is 6.07 Å². The van der Waals surface area contributed by atoms with Crippen molar-refractivity contribution >= 4 is 5.97 Å². The van der Waals surface area contributed by atoms with E-state index in [0.717, 1.165) is 0 Å². The molecule has 0 bridgehead atoms. The monoisotopic (exact) mass is 242 g/mol. The van der Waals surface area contributed by atoms with Gasteiger partial charge < -0.3 is 4.74 Å². The maximum Gasteiger partial charge on any atom is 0.337 e. The van der Waals surface area contributed by atoms with Crippen molar-refractivity contribution in [2.45, 2.75) is 0 Å². The van der Waals surface area contributed by atoms with Gasteiger partial charge in [-0.3, -0.25) is 0 Å². The number of hydrogen-bond donors (Lipinski definition) is 0. The van der Waals surface area contributed by atoms with Gasteiger partial charge in [0.1, 0.15) is 0 Å². The van der Waals surface area contributed by atoms with E-state index < -0.39 is 0 Å². The fraction of sp³-hybridized carbons (Fsp3) is 0.125. The Bertz CT molecular complexity index is 221. The smallest absolute Gasteiger partial charge is 0.337 e. The average Bonchev–Trinajstić information content (AvgIpc) is 2.05. The number of ether oxygens (including phenoxy) is 1. The van der Waals surface area contributed by atoms with Crippen LogP contribution in [0.4, 0.5) is 0 Å². The minimum absolute atomic E-state index is 0. The van der Waals surface area contributed by atoms with E-state index >= 15 is 0 Å². The Balaban J connectivity index is 0.000001000. The van der Waals surface area contributed by atoms with Gasteiger partial charge in [-0.15, -0.1) is 0 Å². The zero-order valence-electron chi connectivity index (χ0n) is 6.02. The number of benzene rings is 1. The van der Waals surface area contributed by atoms with Gasteiger partial charge >= 0.3 is 5.97 Å². The largest absolute Gasteiger partial charge is 0.465 e. The molecule has 1 rings (SSSR count). The molecule has 0 aromatic heterocycles. The molecule has 0 aliphatic heterocycles. The first-order chi connectivity index (χ1) is 4.84. The van der Waals surface area contributed by atoms with Crippen molar-refractivity contribution in [2.75, 3.05) is 7.11 Å². The Morgan fingerprint density at radius 3 is 2.27 bits per heavy atom. The summed E-state index contributed by atoms with van der Waals surface area (Å²) in [6, 6.07) is 8.88. The molecule has 0 aliphatic carbocycles. The number of carbonyl (C=O) groups excluding carboxylic acids is 1. The van der Waals surface area contributed by atoms with Crippen molar-refractivity contribution in [3.63, 3.8) is 0 Å². The van der Waals surface area contributed by atoms with Gasteiger partial charge in [0.2, 0.25) is 0 Å². The first-order valence-electron chi connectivity index (χ1n) is 2.98. The Kier molecular flexibility index (Phi) is 4.76. The fourth-order valence-corrected chi connectivity index (χ4v) is 0.692. The summed E-state index contributed by atoms with van der Waals surface area (Å²) in [7, 11) is 1.37. The summed E-state index contributed by atoms with van der Waals surface area (Å²) in [5.74, 6) is -0.291. The quantitative estimate of drug-likeness (QED) is 0.551. The van der Waals surface area contributed by atoms with Gasteiger partial charge in [-0.05, 0) is 12.1 Å². The van der Waals surface area contributed by atoms with Gasteiger partial charge in [0.05, 0.1) is 12.7 Å². The van der Waals surface area contributed by atoms with Gasteiger partial charge in [-0.25, -0.2) is 4.79 Å². The van der Waals surface area contributed by atoms with Crippen LogP contribution in [0, 0.1) is 0 Å². The van der Waals surface area contributed by atoms with Crippen molar-refractivity contribution in [2.24, 2.45) is 0 Å². The molecule has 11 heavy (non-hydrogen) atoms. The second kappa shape index (κ2) is 5.06. The molecule has 0 amide bonds. The number of methoxy groups -OCH3 is 1. The Labute approximate surface area is 79.2 Å². The molecule has 0 saturated heterocycles. The summed E-state index contributed by atoms with van der Waals surface area (Å²) >= 11 is 0. The van der Waals surface area contributed by atoms with Crippen LogP contribution in [-0.2, 0) is 25.2 Å². The first-order valence-corrected chi connectivity index (χ1v) is 2.98. The molecule has 0 N–H and O–H groups in total. The molecule has 1 aromatic rings. The summed E-state index contributed by atoms with van der Waals surface area (Å²) < 4.78 is 4.50. The van der Waals surface area contributed by atoms with E-state index in [1.54, 1.807) is 24.3 Å². The SMILES string of the molecule is COC(=O)c1ccccc1.[Pd]. The molecule has 62 valence electrons. The maximum absolute atomic E-state index is 10.8. The van der Waals surface area contributed by atoms with Crippen molar-refractivity contribution in [1.29, 1.82) is 0 Å². The van der Waals surface area contributed by atoms with E-state index in [9.17, 15) is 4.79 Å². The van der Waals surface area contributed by atoms with Crippen molar-refractivity contribution < 1.29 is 30.0 Å². The second-order valence-corrected chi connectivity index (χ2v) is 1.86. The average molecular weight is 243 g/mol. The maximum atomic E-state index is 10.8. The standard InChI is InChI=1S/C8H8O2.Pd/c1-10-8(9)7-5-3-2-4-6-7;/h2-6H,1H3;. The van der Waals surface area contributed by atoms with E-state index in [0.29, 0.717) is 5.56 Å². The van der Waals surface area contributed by atoms with Crippen molar-refractivity contribution in [3.8, 4) is 0 Å². The van der Waals surface area contributed by atoms with Crippen LogP contribution in [-0.4, -0.2) is 13.1 Å². The molecular formula is C8H8O2Pd. The van der Waals surface area contributed by atoms with E-state index in [2.05, 4.69) is 4.74 Å². The van der Waals surface area contributed by atoms with Crippen LogP contribution < -0.4 is 0 Å². The van der Waals surface area contributed by atoms with Crippen LogP contribution in [0.15, 0.2) is 30.3 Å². The predicted octanol–water partition coefficient (Wildman–Crippen LogP) is 1.47. The van der Waals surface area contributed by atoms with Gasteiger partial charge in [0, 0.05) is 20.4 Å². The predicted molar refractivity (Wildman–Crippen MR) is 37.8 cm³/mol. The summed E-state index contributed by atoms with van der Waals surface area (Å²) in [5.41, 5.74) is 0.588. The fourth-order valence-electron chi connectivity index (χ4n) is 0.692. The zero-order valence-corrected chi connectivity index (χ0v) is 7.57. The third-order valence-electron chi connectivity index (χ3n) is 1.19. The molecule has 0 saturated carbocycles. The van der Waals surface area contributed by atoms with Crippen LogP contribution >= 0.6 is 0 Å². The van der Waals surface area contributed by atoms with E-state index in [1.165, 1.54) is 7.11 Å². The third-order valence-corrected chi connectivity index (χ3v) is 1.19. The number of hydrogen-bond acceptors (Lipinski definition) is 2. The summed E-state index contributed by atoms with van der Waals surface area (Å²) in [6.07, 6.45) is 0. The molecule has 2 nitrogen and oxygen atoms in total. The second-order valence-electron chi connectivity index (χ2n) is 1.86. The van der Waals surface area contributed by atoms with E-state index in [-0.39, 0.29) is 26.4 Å². The molecule has 0 fully saturated rings. The first kappa shape index (κ1) is 10.4. The van der Waals surface area contributed by atoms with Crippen LogP contribution in [0.5, 0.6) is 0 Å². The summed E-state index contributed by atoms with van der Waals surface area (Å²) in [4.78, 5) is 10.8. The van der Waals surface area contributed by atoms with Gasteiger partial charge in [0.15, 0.2) is 0 Å². The summed E-state index contributed by atoms with van der Waals surface area (Å²) in [6.45, 7) is 0. The third kappa shape index (κ3) is 2.84. The number of carbonyl (C=O) groups is 1. The zero-order chi connectivity index (χ0) is 7.40. The van der Waals surface area contributed by atoms with Crippen molar-refractivity contribution in [3.05, 3.63) is 35.9 Å². The number of rotatable bonds is 1. The van der Waals surface area contributed by atoms with Crippen LogP contribution in [0.25, 0.3) is 0 Å². The molecule has 0 aliphatic rings. The minimum atomic E-state index is -0.291. The normalized spacial score (nSPS) is 8.09. The molecular weight excluding hydrogens is 235 g/mol. The Morgan fingerprint density at radius 2 is 1.82 bits per heavy atom. The Morgan fingerprint density at radius 1 is 1.27 bits per heavy atom. The molecule has 0 unspecified atom stereocenters. The molecule has 0 spiro atoms. The van der Waals surface area contributed by atoms with Crippen LogP contribution in [0.2, 0.25) is 0 Å². The molecule has 0 heterocycles. The van der Waals surface area contributed by atoms with Gasteiger partial charge in [-0.1, -0.05) is 18.2 Å². The number of esters is 1. The van der Waals surface area contributed by atoms with Crippen LogP contribution in [0.3, 0.4) is 0 Å². The minimum Gasteiger partial charge on any atom is -0.465 e. The van der Waals surface area contributed by atoms with Crippen molar-refractivity contribution in [1.82, 2.24) is 0 Å². The topological polar surface area (TPSA) is 26.3 Å². The molecule has 3 heteroatoms. The Hall–Kier alpha value is -0.648. The van der Waals surface area contributed by atoms with E-state index in [4.69, 9.17) is 0 Å². The van der Waals surface area contributed by atoms with Gasteiger partial charge in [-0.2, -0.15) is 0 Å². The molecule has 1 aromatic carbocycles. The van der Waals surface area contributed by atoms with Gasteiger partial charge in [0.25, 0.3) is 0 Å². The summed E-state index contributed by atoms with van der Waals surface area (Å²) in [5, 5.41) is 0. The molecule has 0 atom stereocenters.